The van der Waals surface area contributed by atoms with Crippen LogP contribution in [0.4, 0.5) is 0 Å². The molecule has 122 valence electrons. The maximum Gasteiger partial charge on any atom is 0.124 e. The normalized spacial score (nSPS) is 10.8. The maximum absolute atomic E-state index is 5.00. The Kier molecular flexibility index (Phi) is 4.16. The lowest BCUT2D eigenvalue weighted by Crippen LogP contribution is -1.84. The minimum Gasteiger partial charge on any atom is -0.265 e. The van der Waals surface area contributed by atoms with Gasteiger partial charge in [-0.25, -0.2) is 4.98 Å². The minimum atomic E-state index is 1.04. The van der Waals surface area contributed by atoms with Gasteiger partial charge in [-0.05, 0) is 37.6 Å². The zero-order valence-corrected chi connectivity index (χ0v) is 15.0. The first kappa shape index (κ1) is 15.7. The summed E-state index contributed by atoms with van der Waals surface area (Å²) in [6, 6.07) is 21.2. The zero-order valence-electron chi connectivity index (χ0n) is 14.2. The molecule has 0 saturated carbocycles. The third-order valence-electron chi connectivity index (χ3n) is 4.16. The van der Waals surface area contributed by atoms with Crippen LogP contribution in [0.2, 0.25) is 0 Å². The molecule has 0 saturated heterocycles. The van der Waals surface area contributed by atoms with Crippen molar-refractivity contribution in [2.45, 2.75) is 13.8 Å². The molecule has 0 aliphatic carbocycles. The topological polar surface area (TPSA) is 25.8 Å². The fourth-order valence-corrected chi connectivity index (χ4v) is 3.93. The summed E-state index contributed by atoms with van der Waals surface area (Å²) >= 11 is 1.73. The van der Waals surface area contributed by atoms with Crippen LogP contribution in [0.1, 0.15) is 11.1 Å². The SMILES string of the molecule is Cc1ccc(-c2nc(-c3cccc(C)c3)c(-c3ccncc3)s2)cc1. The predicted molar refractivity (Wildman–Crippen MR) is 106 cm³/mol. The standard InChI is InChI=1S/C22H18N2S/c1-15-6-8-18(9-7-15)22-24-20(19-5-3-4-16(2)14-19)21(25-22)17-10-12-23-13-11-17/h3-14H,1-2H3. The van der Waals surface area contributed by atoms with E-state index in [1.165, 1.54) is 16.0 Å². The molecule has 25 heavy (non-hydrogen) atoms. The van der Waals surface area contributed by atoms with Crippen molar-refractivity contribution in [1.82, 2.24) is 9.97 Å². The fourth-order valence-electron chi connectivity index (χ4n) is 2.83. The van der Waals surface area contributed by atoms with Gasteiger partial charge in [0, 0.05) is 23.5 Å². The van der Waals surface area contributed by atoms with Crippen molar-refractivity contribution in [1.29, 1.82) is 0 Å². The molecule has 4 aromatic rings. The quantitative estimate of drug-likeness (QED) is 0.446. The Morgan fingerprint density at radius 3 is 2.20 bits per heavy atom. The predicted octanol–water partition coefficient (Wildman–Crippen LogP) is 6.16. The van der Waals surface area contributed by atoms with Gasteiger partial charge in [0.05, 0.1) is 10.6 Å². The molecule has 0 unspecified atom stereocenters. The highest BCUT2D eigenvalue weighted by Gasteiger charge is 2.16. The molecular formula is C22H18N2S. The molecule has 0 aliphatic heterocycles. The van der Waals surface area contributed by atoms with Gasteiger partial charge in [0.2, 0.25) is 0 Å². The summed E-state index contributed by atoms with van der Waals surface area (Å²) < 4.78 is 0. The van der Waals surface area contributed by atoms with Crippen LogP contribution in [0.3, 0.4) is 0 Å². The van der Waals surface area contributed by atoms with Gasteiger partial charge in [-0.3, -0.25) is 4.98 Å². The van der Waals surface area contributed by atoms with Crippen molar-refractivity contribution < 1.29 is 0 Å². The van der Waals surface area contributed by atoms with Gasteiger partial charge in [0.1, 0.15) is 5.01 Å². The summed E-state index contributed by atoms with van der Waals surface area (Å²) in [6.07, 6.45) is 3.67. The first-order valence-electron chi connectivity index (χ1n) is 8.26. The van der Waals surface area contributed by atoms with Gasteiger partial charge in [0.15, 0.2) is 0 Å². The van der Waals surface area contributed by atoms with Crippen molar-refractivity contribution in [3.8, 4) is 32.3 Å². The summed E-state index contributed by atoms with van der Waals surface area (Å²) in [4.78, 5) is 10.3. The number of pyridine rings is 1. The number of aryl methyl sites for hydroxylation is 2. The van der Waals surface area contributed by atoms with E-state index in [1.807, 2.05) is 24.5 Å². The summed E-state index contributed by atoms with van der Waals surface area (Å²) in [7, 11) is 0. The Morgan fingerprint density at radius 2 is 1.48 bits per heavy atom. The van der Waals surface area contributed by atoms with E-state index in [0.29, 0.717) is 0 Å². The molecule has 0 N–H and O–H groups in total. The highest BCUT2D eigenvalue weighted by molar-refractivity contribution is 7.19. The lowest BCUT2D eigenvalue weighted by atomic mass is 10.1. The molecule has 2 aromatic carbocycles. The van der Waals surface area contributed by atoms with Crippen LogP contribution in [0, 0.1) is 13.8 Å². The Hall–Kier alpha value is -2.78. The van der Waals surface area contributed by atoms with Crippen LogP contribution in [0.15, 0.2) is 73.1 Å². The molecule has 2 heterocycles. The molecule has 0 bridgehead atoms. The zero-order chi connectivity index (χ0) is 17.2. The Morgan fingerprint density at radius 1 is 0.720 bits per heavy atom. The van der Waals surface area contributed by atoms with Crippen LogP contribution in [0.25, 0.3) is 32.3 Å². The number of nitrogens with zero attached hydrogens (tertiary/aromatic N) is 2. The summed E-state index contributed by atoms with van der Waals surface area (Å²) in [6.45, 7) is 4.22. The largest absolute Gasteiger partial charge is 0.265 e. The van der Waals surface area contributed by atoms with E-state index in [-0.39, 0.29) is 0 Å². The monoisotopic (exact) mass is 342 g/mol. The first-order chi connectivity index (χ1) is 12.2. The fraction of sp³-hybridized carbons (Fsp3) is 0.0909. The number of hydrogen-bond donors (Lipinski definition) is 0. The van der Waals surface area contributed by atoms with E-state index in [0.717, 1.165) is 27.4 Å². The summed E-state index contributed by atoms with van der Waals surface area (Å²) in [5, 5.41) is 1.04. The van der Waals surface area contributed by atoms with Crippen LogP contribution >= 0.6 is 11.3 Å². The van der Waals surface area contributed by atoms with Crippen molar-refractivity contribution in [2.24, 2.45) is 0 Å². The van der Waals surface area contributed by atoms with Crippen LogP contribution in [-0.4, -0.2) is 9.97 Å². The van der Waals surface area contributed by atoms with Gasteiger partial charge >= 0.3 is 0 Å². The molecular weight excluding hydrogens is 324 g/mol. The van der Waals surface area contributed by atoms with E-state index in [2.05, 4.69) is 67.4 Å². The van der Waals surface area contributed by atoms with Crippen molar-refractivity contribution >= 4 is 11.3 Å². The molecule has 0 aliphatic rings. The number of benzene rings is 2. The summed E-state index contributed by atoms with van der Waals surface area (Å²) in [5.74, 6) is 0. The van der Waals surface area contributed by atoms with E-state index in [4.69, 9.17) is 4.98 Å². The molecule has 0 atom stereocenters. The number of thiazole rings is 1. The van der Waals surface area contributed by atoms with Gasteiger partial charge < -0.3 is 0 Å². The Labute approximate surface area is 151 Å². The third-order valence-corrected chi connectivity index (χ3v) is 5.31. The van der Waals surface area contributed by atoms with E-state index < -0.39 is 0 Å². The van der Waals surface area contributed by atoms with E-state index in [1.54, 1.807) is 11.3 Å². The number of rotatable bonds is 3. The average molecular weight is 342 g/mol. The minimum absolute atomic E-state index is 1.04. The van der Waals surface area contributed by atoms with Crippen LogP contribution in [0.5, 0.6) is 0 Å². The Bertz CT molecular complexity index is 1000. The molecule has 0 radical (unpaired) electrons. The number of aromatic nitrogens is 2. The molecule has 2 nitrogen and oxygen atoms in total. The molecule has 0 spiro atoms. The Balaban J connectivity index is 1.90. The molecule has 2 aromatic heterocycles. The smallest absolute Gasteiger partial charge is 0.124 e. The first-order valence-corrected chi connectivity index (χ1v) is 9.08. The lowest BCUT2D eigenvalue weighted by Gasteiger charge is -2.03. The molecule has 3 heteroatoms. The van der Waals surface area contributed by atoms with Gasteiger partial charge in [-0.2, -0.15) is 0 Å². The maximum atomic E-state index is 5.00. The molecule has 4 rings (SSSR count). The third kappa shape index (κ3) is 3.24. The second-order valence-corrected chi connectivity index (χ2v) is 7.17. The second-order valence-electron chi connectivity index (χ2n) is 6.17. The average Bonchev–Trinajstić information content (AvgIpc) is 3.08. The number of hydrogen-bond acceptors (Lipinski definition) is 3. The van der Waals surface area contributed by atoms with Crippen LogP contribution in [-0.2, 0) is 0 Å². The second kappa shape index (κ2) is 6.61. The highest BCUT2D eigenvalue weighted by Crippen LogP contribution is 2.40. The van der Waals surface area contributed by atoms with Crippen molar-refractivity contribution in [2.75, 3.05) is 0 Å². The van der Waals surface area contributed by atoms with Crippen LogP contribution < -0.4 is 0 Å². The molecule has 0 amide bonds. The van der Waals surface area contributed by atoms with E-state index in [9.17, 15) is 0 Å². The van der Waals surface area contributed by atoms with Gasteiger partial charge in [-0.15, -0.1) is 11.3 Å². The van der Waals surface area contributed by atoms with Crippen molar-refractivity contribution in [3.63, 3.8) is 0 Å². The van der Waals surface area contributed by atoms with Crippen molar-refractivity contribution in [3.05, 3.63) is 84.2 Å². The van der Waals surface area contributed by atoms with Gasteiger partial charge in [0.25, 0.3) is 0 Å². The van der Waals surface area contributed by atoms with E-state index >= 15 is 0 Å². The molecule has 0 fully saturated rings. The van der Waals surface area contributed by atoms with Gasteiger partial charge in [-0.1, -0.05) is 53.6 Å². The lowest BCUT2D eigenvalue weighted by molar-refractivity contribution is 1.33. The summed E-state index contributed by atoms with van der Waals surface area (Å²) in [5.41, 5.74) is 7.00. The highest BCUT2D eigenvalue weighted by atomic mass is 32.1.